The number of halogens is 3. The largest absolute Gasteiger partial charge is 0.418 e. The molecule has 7 heteroatoms. The molecule has 0 saturated heterocycles. The van der Waals surface area contributed by atoms with Crippen molar-refractivity contribution in [3.05, 3.63) is 52.3 Å². The first-order valence-electron chi connectivity index (χ1n) is 5.25. The molecule has 2 rings (SSSR count). The Morgan fingerprint density at radius 3 is 2.21 bits per heavy atom. The van der Waals surface area contributed by atoms with Gasteiger partial charge >= 0.3 is 6.18 Å². The highest BCUT2D eigenvalue weighted by atomic mass is 19.4. The van der Waals surface area contributed by atoms with Crippen LogP contribution in [0.2, 0.25) is 0 Å². The molecule has 0 spiro atoms. The van der Waals surface area contributed by atoms with E-state index in [1.807, 2.05) is 0 Å². The highest BCUT2D eigenvalue weighted by Crippen LogP contribution is 2.34. The Bertz CT molecular complexity index is 662. The van der Waals surface area contributed by atoms with Gasteiger partial charge in [-0.15, -0.1) is 0 Å². The van der Waals surface area contributed by atoms with E-state index in [1.54, 1.807) is 30.3 Å². The summed E-state index contributed by atoms with van der Waals surface area (Å²) in [6, 6.07) is 8.83. The van der Waals surface area contributed by atoms with Crippen molar-refractivity contribution < 1.29 is 13.2 Å². The molecule has 0 aliphatic heterocycles. The minimum Gasteiger partial charge on any atom is -0.394 e. The standard InChI is InChI=1S/C12H10F3N3O/c13-12(14,15)8-6-9(7-4-2-1-3-5-7)18(17)11(19)10(8)16/h1-6H,16-17H2. The summed E-state index contributed by atoms with van der Waals surface area (Å²) in [4.78, 5) is 11.6. The minimum absolute atomic E-state index is 0.0490. The Morgan fingerprint density at radius 2 is 1.68 bits per heavy atom. The molecule has 1 aromatic carbocycles. The summed E-state index contributed by atoms with van der Waals surface area (Å²) in [6.45, 7) is 0. The van der Waals surface area contributed by atoms with Gasteiger partial charge < -0.3 is 11.6 Å². The first-order chi connectivity index (χ1) is 8.82. The van der Waals surface area contributed by atoms with Gasteiger partial charge in [-0.05, 0) is 6.07 Å². The fourth-order valence-corrected chi connectivity index (χ4v) is 1.70. The van der Waals surface area contributed by atoms with E-state index in [1.165, 1.54) is 0 Å². The zero-order chi connectivity index (χ0) is 14.2. The molecule has 1 aromatic heterocycles. The van der Waals surface area contributed by atoms with Crippen molar-refractivity contribution in [2.24, 2.45) is 0 Å². The topological polar surface area (TPSA) is 74.0 Å². The summed E-state index contributed by atoms with van der Waals surface area (Å²) >= 11 is 0. The van der Waals surface area contributed by atoms with Crippen LogP contribution in [0.15, 0.2) is 41.2 Å². The number of anilines is 1. The number of aromatic nitrogens is 1. The zero-order valence-electron chi connectivity index (χ0n) is 9.61. The Labute approximate surface area is 106 Å². The third-order valence-corrected chi connectivity index (χ3v) is 2.65. The van der Waals surface area contributed by atoms with Crippen LogP contribution in [0.4, 0.5) is 18.9 Å². The van der Waals surface area contributed by atoms with Crippen molar-refractivity contribution in [2.75, 3.05) is 11.6 Å². The average Bonchev–Trinajstić information content (AvgIpc) is 2.36. The van der Waals surface area contributed by atoms with Crippen molar-refractivity contribution in [1.29, 1.82) is 0 Å². The van der Waals surface area contributed by atoms with Crippen LogP contribution in [-0.4, -0.2) is 4.68 Å². The van der Waals surface area contributed by atoms with E-state index in [0.717, 1.165) is 6.07 Å². The van der Waals surface area contributed by atoms with Gasteiger partial charge in [0, 0.05) is 5.56 Å². The van der Waals surface area contributed by atoms with Crippen LogP contribution in [0.1, 0.15) is 5.56 Å². The van der Waals surface area contributed by atoms with E-state index in [9.17, 15) is 18.0 Å². The summed E-state index contributed by atoms with van der Waals surface area (Å²) in [5, 5.41) is 0. The fraction of sp³-hybridized carbons (Fsp3) is 0.0833. The van der Waals surface area contributed by atoms with Gasteiger partial charge in [0.2, 0.25) is 0 Å². The van der Waals surface area contributed by atoms with Crippen molar-refractivity contribution >= 4 is 5.69 Å². The minimum atomic E-state index is -4.71. The van der Waals surface area contributed by atoms with Crippen molar-refractivity contribution in [3.8, 4) is 11.3 Å². The second-order valence-corrected chi connectivity index (χ2v) is 3.90. The van der Waals surface area contributed by atoms with E-state index in [2.05, 4.69) is 0 Å². The number of nitrogens with zero attached hydrogens (tertiary/aromatic N) is 1. The second kappa shape index (κ2) is 4.34. The highest BCUT2D eigenvalue weighted by molar-refractivity contribution is 5.64. The lowest BCUT2D eigenvalue weighted by molar-refractivity contribution is -0.137. The molecule has 0 amide bonds. The number of hydrogen-bond acceptors (Lipinski definition) is 3. The number of benzene rings is 1. The molecule has 4 nitrogen and oxygen atoms in total. The lowest BCUT2D eigenvalue weighted by Gasteiger charge is -2.14. The molecule has 2 aromatic rings. The molecule has 0 fully saturated rings. The van der Waals surface area contributed by atoms with E-state index in [0.29, 0.717) is 10.2 Å². The molecule has 19 heavy (non-hydrogen) atoms. The normalized spacial score (nSPS) is 11.5. The van der Waals surface area contributed by atoms with Gasteiger partial charge in [0.05, 0.1) is 11.3 Å². The van der Waals surface area contributed by atoms with Crippen LogP contribution < -0.4 is 17.1 Å². The molecule has 0 aliphatic carbocycles. The highest BCUT2D eigenvalue weighted by Gasteiger charge is 2.35. The molecule has 0 radical (unpaired) electrons. The van der Waals surface area contributed by atoms with Gasteiger partial charge in [0.1, 0.15) is 5.69 Å². The summed E-state index contributed by atoms with van der Waals surface area (Å²) < 4.78 is 39.0. The number of hydrogen-bond donors (Lipinski definition) is 2. The first kappa shape index (κ1) is 13.0. The number of pyridine rings is 1. The molecule has 1 heterocycles. The van der Waals surface area contributed by atoms with Crippen LogP contribution in [0, 0.1) is 0 Å². The quantitative estimate of drug-likeness (QED) is 0.776. The lowest BCUT2D eigenvalue weighted by Crippen LogP contribution is -2.33. The maximum absolute atomic E-state index is 12.8. The lowest BCUT2D eigenvalue weighted by atomic mass is 10.1. The van der Waals surface area contributed by atoms with Crippen LogP contribution in [0.3, 0.4) is 0 Å². The van der Waals surface area contributed by atoms with Gasteiger partial charge in [-0.1, -0.05) is 30.3 Å². The van der Waals surface area contributed by atoms with Crippen LogP contribution >= 0.6 is 0 Å². The maximum atomic E-state index is 12.8. The third kappa shape index (κ3) is 2.26. The summed E-state index contributed by atoms with van der Waals surface area (Å²) in [6.07, 6.45) is -4.71. The van der Waals surface area contributed by atoms with Crippen LogP contribution in [0.5, 0.6) is 0 Å². The molecule has 0 unspecified atom stereocenters. The second-order valence-electron chi connectivity index (χ2n) is 3.90. The monoisotopic (exact) mass is 269 g/mol. The van der Waals surface area contributed by atoms with Gasteiger partial charge in [0.25, 0.3) is 5.56 Å². The molecule has 100 valence electrons. The molecule has 4 N–H and O–H groups in total. The van der Waals surface area contributed by atoms with Crippen LogP contribution in [0.25, 0.3) is 11.3 Å². The van der Waals surface area contributed by atoms with Gasteiger partial charge in [-0.2, -0.15) is 13.2 Å². The Kier molecular flexibility index (Phi) is 2.97. The SMILES string of the molecule is Nc1c(C(F)(F)F)cc(-c2ccccc2)n(N)c1=O. The smallest absolute Gasteiger partial charge is 0.394 e. The third-order valence-electron chi connectivity index (χ3n) is 2.65. The van der Waals surface area contributed by atoms with Crippen molar-refractivity contribution in [3.63, 3.8) is 0 Å². The van der Waals surface area contributed by atoms with Crippen molar-refractivity contribution in [1.82, 2.24) is 4.68 Å². The van der Waals surface area contributed by atoms with E-state index >= 15 is 0 Å². The first-order valence-corrected chi connectivity index (χ1v) is 5.25. The summed E-state index contributed by atoms with van der Waals surface area (Å²) in [5.41, 5.74) is 2.36. The van der Waals surface area contributed by atoms with Gasteiger partial charge in [0.15, 0.2) is 0 Å². The fourth-order valence-electron chi connectivity index (χ4n) is 1.70. The molecule has 0 bridgehead atoms. The van der Waals surface area contributed by atoms with Gasteiger partial charge in [-0.25, -0.2) is 4.68 Å². The van der Waals surface area contributed by atoms with E-state index in [-0.39, 0.29) is 5.69 Å². The number of nitrogens with two attached hydrogens (primary N) is 2. The zero-order valence-corrected chi connectivity index (χ0v) is 9.61. The predicted octanol–water partition coefficient (Wildman–Crippen LogP) is 1.83. The Balaban J connectivity index is 2.77. The predicted molar refractivity (Wildman–Crippen MR) is 65.7 cm³/mol. The molecule has 0 saturated carbocycles. The maximum Gasteiger partial charge on any atom is 0.418 e. The van der Waals surface area contributed by atoms with Crippen LogP contribution in [-0.2, 0) is 6.18 Å². The molecular formula is C12H10F3N3O. The molecule has 0 aliphatic rings. The number of nitrogen functional groups attached to an aromatic ring is 2. The molecule has 0 atom stereocenters. The van der Waals surface area contributed by atoms with Crippen molar-refractivity contribution in [2.45, 2.75) is 6.18 Å². The Hall–Kier alpha value is -2.44. The summed E-state index contributed by atoms with van der Waals surface area (Å²) in [5.74, 6) is 5.48. The number of alkyl halides is 3. The van der Waals surface area contributed by atoms with E-state index < -0.39 is 23.0 Å². The average molecular weight is 269 g/mol. The number of rotatable bonds is 1. The summed E-state index contributed by atoms with van der Waals surface area (Å²) in [7, 11) is 0. The van der Waals surface area contributed by atoms with Gasteiger partial charge in [-0.3, -0.25) is 4.79 Å². The Morgan fingerprint density at radius 1 is 1.11 bits per heavy atom. The van der Waals surface area contributed by atoms with E-state index in [4.69, 9.17) is 11.6 Å². The molecular weight excluding hydrogens is 259 g/mol.